The monoisotopic (exact) mass is 445 g/mol. The second kappa shape index (κ2) is 8.21. The van der Waals surface area contributed by atoms with Gasteiger partial charge < -0.3 is 14.8 Å². The van der Waals surface area contributed by atoms with E-state index in [0.717, 1.165) is 28.1 Å². The van der Waals surface area contributed by atoms with Crippen molar-refractivity contribution in [2.75, 3.05) is 31.0 Å². The smallest absolute Gasteiger partial charge is 0.263 e. The van der Waals surface area contributed by atoms with E-state index in [1.165, 1.54) is 14.2 Å². The van der Waals surface area contributed by atoms with Crippen molar-refractivity contribution in [2.45, 2.75) is 12.1 Å². The minimum atomic E-state index is -1.20. The summed E-state index contributed by atoms with van der Waals surface area (Å²) in [5.41, 5.74) is 0.288. The van der Waals surface area contributed by atoms with Gasteiger partial charge in [-0.3, -0.25) is 19.4 Å². The van der Waals surface area contributed by atoms with E-state index in [2.05, 4.69) is 15.7 Å². The van der Waals surface area contributed by atoms with Gasteiger partial charge in [0.05, 0.1) is 19.9 Å². The van der Waals surface area contributed by atoms with Gasteiger partial charge in [0.25, 0.3) is 11.8 Å². The molecule has 1 N–H and O–H groups in total. The molecule has 2 aliphatic heterocycles. The van der Waals surface area contributed by atoms with Crippen molar-refractivity contribution in [1.82, 2.24) is 5.01 Å². The van der Waals surface area contributed by atoms with Gasteiger partial charge in [0.1, 0.15) is 6.54 Å². The predicted octanol–water partition coefficient (Wildman–Crippen LogP) is 1.91. The molecule has 2 aromatic carbocycles. The number of hydrogen-bond acceptors (Lipinski definition) is 8. The van der Waals surface area contributed by atoms with Crippen LogP contribution < -0.4 is 19.7 Å². The molecule has 12 heteroatoms. The van der Waals surface area contributed by atoms with E-state index in [1.807, 2.05) is 0 Å². The van der Waals surface area contributed by atoms with Gasteiger partial charge in [0.15, 0.2) is 35.2 Å². The molecule has 0 spiro atoms. The summed E-state index contributed by atoms with van der Waals surface area (Å²) in [4.78, 5) is 38.7. The summed E-state index contributed by atoms with van der Waals surface area (Å²) in [7, 11) is 2.93. The Labute approximate surface area is 180 Å². The average Bonchev–Trinajstić information content (AvgIpc) is 3.29. The number of fused-ring (bicyclic) bond motifs is 1. The quantitative estimate of drug-likeness (QED) is 0.680. The Balaban J connectivity index is 1.48. The Morgan fingerprint density at radius 1 is 1.03 bits per heavy atom. The van der Waals surface area contributed by atoms with Gasteiger partial charge in [0, 0.05) is 17.8 Å². The fourth-order valence-electron chi connectivity index (χ4n) is 3.49. The number of amides is 3. The molecule has 4 rings (SSSR count). The first-order valence-corrected chi connectivity index (χ1v) is 9.36. The minimum Gasteiger partial charge on any atom is -0.493 e. The number of carbonyl (C=O) groups is 3. The molecule has 2 aliphatic rings. The van der Waals surface area contributed by atoms with Crippen LogP contribution in [0.4, 0.5) is 20.2 Å². The van der Waals surface area contributed by atoms with Crippen LogP contribution in [-0.4, -0.2) is 55.6 Å². The Morgan fingerprint density at radius 2 is 1.78 bits per heavy atom. The highest BCUT2D eigenvalue weighted by Crippen LogP contribution is 2.33. The minimum absolute atomic E-state index is 0.127. The van der Waals surface area contributed by atoms with E-state index in [9.17, 15) is 23.2 Å². The number of imide groups is 1. The zero-order valence-electron chi connectivity index (χ0n) is 16.9. The van der Waals surface area contributed by atoms with Crippen molar-refractivity contribution in [1.29, 1.82) is 0 Å². The fourth-order valence-corrected chi connectivity index (χ4v) is 3.49. The largest absolute Gasteiger partial charge is 0.493 e. The maximum atomic E-state index is 13.6. The summed E-state index contributed by atoms with van der Waals surface area (Å²) in [5, 5.41) is 11.3. The third-order valence-electron chi connectivity index (χ3n) is 4.99. The molecule has 1 fully saturated rings. The van der Waals surface area contributed by atoms with Crippen molar-refractivity contribution in [3.05, 3.63) is 48.0 Å². The van der Waals surface area contributed by atoms with Crippen LogP contribution in [0.3, 0.4) is 0 Å². The van der Waals surface area contributed by atoms with Crippen molar-refractivity contribution < 1.29 is 32.6 Å². The summed E-state index contributed by atoms with van der Waals surface area (Å²) in [5.74, 6) is -3.43. The number of ether oxygens (including phenoxy) is 2. The molecule has 10 nitrogen and oxygen atoms in total. The Morgan fingerprint density at radius 3 is 2.47 bits per heavy atom. The summed E-state index contributed by atoms with van der Waals surface area (Å²) >= 11 is 0. The van der Waals surface area contributed by atoms with E-state index in [0.29, 0.717) is 17.2 Å². The molecule has 2 heterocycles. The van der Waals surface area contributed by atoms with Crippen LogP contribution in [0, 0.1) is 11.6 Å². The van der Waals surface area contributed by atoms with Crippen molar-refractivity contribution in [2.24, 2.45) is 10.3 Å². The SMILES string of the molecule is COc1ccc(NC(=O)CN2N=N[C@@H]3C(=O)N(c4ccc(F)c(F)c4)C(=O)[C@H]32)cc1OC. The summed E-state index contributed by atoms with van der Waals surface area (Å²) in [6.07, 6.45) is 0. The third kappa shape index (κ3) is 3.59. The van der Waals surface area contributed by atoms with Crippen LogP contribution in [-0.2, 0) is 14.4 Å². The first-order valence-electron chi connectivity index (χ1n) is 9.36. The second-order valence-corrected chi connectivity index (χ2v) is 6.92. The van der Waals surface area contributed by atoms with Gasteiger partial charge in [-0.2, -0.15) is 5.11 Å². The number of methoxy groups -OCH3 is 2. The number of carbonyl (C=O) groups excluding carboxylic acids is 3. The lowest BCUT2D eigenvalue weighted by Crippen LogP contribution is -2.43. The lowest BCUT2D eigenvalue weighted by atomic mass is 10.1. The normalized spacial score (nSPS) is 19.4. The number of nitrogens with zero attached hydrogens (tertiary/aromatic N) is 4. The van der Waals surface area contributed by atoms with Crippen LogP contribution >= 0.6 is 0 Å². The number of nitrogens with one attached hydrogen (secondary N) is 1. The van der Waals surface area contributed by atoms with Crippen LogP contribution in [0.15, 0.2) is 46.7 Å². The highest BCUT2D eigenvalue weighted by molar-refractivity contribution is 6.25. The van der Waals surface area contributed by atoms with Crippen LogP contribution in [0.5, 0.6) is 11.5 Å². The molecule has 3 amide bonds. The van der Waals surface area contributed by atoms with Gasteiger partial charge in [-0.1, -0.05) is 5.22 Å². The van der Waals surface area contributed by atoms with Gasteiger partial charge in [-0.25, -0.2) is 13.7 Å². The number of rotatable bonds is 6. The maximum Gasteiger partial charge on any atom is 0.263 e. The van der Waals surface area contributed by atoms with Crippen LogP contribution in [0.2, 0.25) is 0 Å². The Kier molecular flexibility index (Phi) is 5.43. The molecule has 32 heavy (non-hydrogen) atoms. The Hall–Kier alpha value is -4.09. The molecule has 2 aromatic rings. The molecular formula is C20H17F2N5O5. The summed E-state index contributed by atoms with van der Waals surface area (Å²) in [6.45, 7) is -0.371. The maximum absolute atomic E-state index is 13.6. The van der Waals surface area contributed by atoms with Crippen LogP contribution in [0.1, 0.15) is 0 Å². The number of halogens is 2. The molecular weight excluding hydrogens is 428 g/mol. The molecule has 1 saturated heterocycles. The molecule has 0 unspecified atom stereocenters. The molecule has 0 bridgehead atoms. The van der Waals surface area contributed by atoms with Gasteiger partial charge in [0.2, 0.25) is 5.91 Å². The van der Waals surface area contributed by atoms with E-state index >= 15 is 0 Å². The summed E-state index contributed by atoms with van der Waals surface area (Å²) in [6, 6.07) is 5.10. The van der Waals surface area contributed by atoms with E-state index in [1.54, 1.807) is 18.2 Å². The topological polar surface area (TPSA) is 113 Å². The number of anilines is 2. The molecule has 2 atom stereocenters. The summed E-state index contributed by atoms with van der Waals surface area (Å²) < 4.78 is 37.1. The second-order valence-electron chi connectivity index (χ2n) is 6.92. The first-order chi connectivity index (χ1) is 15.3. The first kappa shape index (κ1) is 21.2. The molecule has 166 valence electrons. The fraction of sp³-hybridized carbons (Fsp3) is 0.250. The standard InChI is InChI=1S/C20H17F2N5O5/c1-31-14-6-3-10(7-15(14)32-2)23-16(28)9-26-18-17(24-25-26)19(29)27(20(18)30)11-4-5-12(21)13(22)8-11/h3-8,17-18H,9H2,1-2H3,(H,23,28)/t17-,18-/m0/s1. The lowest BCUT2D eigenvalue weighted by molar-refractivity contribution is -0.123. The number of benzene rings is 2. The molecule has 0 radical (unpaired) electrons. The lowest BCUT2D eigenvalue weighted by Gasteiger charge is -2.20. The molecule has 0 saturated carbocycles. The molecule has 0 aliphatic carbocycles. The van der Waals surface area contributed by atoms with Gasteiger partial charge in [-0.15, -0.1) is 0 Å². The number of hydrogen-bond donors (Lipinski definition) is 1. The van der Waals surface area contributed by atoms with Crippen molar-refractivity contribution in [3.63, 3.8) is 0 Å². The highest BCUT2D eigenvalue weighted by Gasteiger charge is 2.55. The van der Waals surface area contributed by atoms with Gasteiger partial charge in [-0.05, 0) is 24.3 Å². The van der Waals surface area contributed by atoms with Crippen LogP contribution in [0.25, 0.3) is 0 Å². The van der Waals surface area contributed by atoms with Crippen molar-refractivity contribution >= 4 is 29.1 Å². The van der Waals surface area contributed by atoms with E-state index in [-0.39, 0.29) is 12.2 Å². The van der Waals surface area contributed by atoms with E-state index in [4.69, 9.17) is 9.47 Å². The zero-order valence-corrected chi connectivity index (χ0v) is 16.9. The van der Waals surface area contributed by atoms with E-state index < -0.39 is 41.4 Å². The average molecular weight is 445 g/mol. The highest BCUT2D eigenvalue weighted by atomic mass is 19.2. The van der Waals surface area contributed by atoms with Gasteiger partial charge >= 0.3 is 0 Å². The van der Waals surface area contributed by atoms with Crippen molar-refractivity contribution in [3.8, 4) is 11.5 Å². The molecule has 0 aromatic heterocycles. The zero-order chi connectivity index (χ0) is 23.0. The Bertz CT molecular complexity index is 1140. The predicted molar refractivity (Wildman–Crippen MR) is 106 cm³/mol. The third-order valence-corrected chi connectivity index (χ3v) is 4.99.